The van der Waals surface area contributed by atoms with E-state index in [0.29, 0.717) is 6.07 Å². The van der Waals surface area contributed by atoms with Crippen LogP contribution < -0.4 is 0 Å². The van der Waals surface area contributed by atoms with E-state index in [1.54, 1.807) is 0 Å². The molecule has 0 aliphatic carbocycles. The summed E-state index contributed by atoms with van der Waals surface area (Å²) in [6.45, 7) is 0. The molecule has 23 heavy (non-hydrogen) atoms. The first-order chi connectivity index (χ1) is 10.7. The second-order valence-corrected chi connectivity index (χ2v) is 4.67. The Hall–Kier alpha value is -2.83. The van der Waals surface area contributed by atoms with Crippen molar-refractivity contribution in [2.45, 2.75) is 6.18 Å². The molecule has 2 rings (SSSR count). The van der Waals surface area contributed by atoms with Crippen molar-refractivity contribution in [2.24, 2.45) is 0 Å². The number of carbonyl (C=O) groups is 2. The third kappa shape index (κ3) is 3.68. The lowest BCUT2D eigenvalue weighted by Crippen LogP contribution is -2.08. The molecular formula is C16H11F3O4. The summed E-state index contributed by atoms with van der Waals surface area (Å²) >= 11 is 0. The van der Waals surface area contributed by atoms with Gasteiger partial charge in [-0.05, 0) is 41.5 Å². The van der Waals surface area contributed by atoms with E-state index in [-0.39, 0.29) is 16.7 Å². The lowest BCUT2D eigenvalue weighted by Gasteiger charge is -2.11. The average Bonchev–Trinajstić information content (AvgIpc) is 2.53. The number of carbonyl (C=O) groups excluding carboxylic acids is 1. The Morgan fingerprint density at radius 3 is 2.22 bits per heavy atom. The van der Waals surface area contributed by atoms with Crippen molar-refractivity contribution < 1.29 is 32.6 Å². The number of alkyl halides is 3. The highest BCUT2D eigenvalue weighted by Gasteiger charge is 2.32. The Labute approximate surface area is 129 Å². The summed E-state index contributed by atoms with van der Waals surface area (Å²) in [7, 11) is 1.18. The van der Waals surface area contributed by atoms with Crippen LogP contribution in [0.3, 0.4) is 0 Å². The molecule has 0 bridgehead atoms. The molecule has 4 nitrogen and oxygen atoms in total. The van der Waals surface area contributed by atoms with Gasteiger partial charge < -0.3 is 9.84 Å². The van der Waals surface area contributed by atoms with Crippen LogP contribution in [0.4, 0.5) is 13.2 Å². The van der Waals surface area contributed by atoms with Crippen molar-refractivity contribution in [3.63, 3.8) is 0 Å². The van der Waals surface area contributed by atoms with E-state index in [2.05, 4.69) is 4.74 Å². The number of carboxylic acids is 1. The largest absolute Gasteiger partial charge is 0.478 e. The van der Waals surface area contributed by atoms with Crippen LogP contribution in [-0.2, 0) is 10.9 Å². The van der Waals surface area contributed by atoms with Crippen LogP contribution in [0.1, 0.15) is 26.3 Å². The average molecular weight is 324 g/mol. The number of rotatable bonds is 3. The minimum absolute atomic E-state index is 0.0444. The van der Waals surface area contributed by atoms with E-state index < -0.39 is 29.2 Å². The lowest BCUT2D eigenvalue weighted by atomic mass is 9.98. The number of hydrogen-bond donors (Lipinski definition) is 1. The summed E-state index contributed by atoms with van der Waals surface area (Å²) in [6, 6.07) is 8.26. The van der Waals surface area contributed by atoms with Gasteiger partial charge in [0.1, 0.15) is 0 Å². The van der Waals surface area contributed by atoms with Gasteiger partial charge in [0.05, 0.1) is 23.8 Å². The molecule has 0 aromatic heterocycles. The first-order valence-electron chi connectivity index (χ1n) is 6.36. The van der Waals surface area contributed by atoms with Gasteiger partial charge in [0.25, 0.3) is 0 Å². The Morgan fingerprint density at radius 2 is 1.65 bits per heavy atom. The van der Waals surface area contributed by atoms with Crippen molar-refractivity contribution >= 4 is 11.9 Å². The van der Waals surface area contributed by atoms with Gasteiger partial charge in [-0.25, -0.2) is 9.59 Å². The van der Waals surface area contributed by atoms with Crippen molar-refractivity contribution in [2.75, 3.05) is 7.11 Å². The molecule has 0 aliphatic heterocycles. The fourth-order valence-corrected chi connectivity index (χ4v) is 2.02. The summed E-state index contributed by atoms with van der Waals surface area (Å²) in [6.07, 6.45) is -4.68. The molecule has 0 unspecified atom stereocenters. The van der Waals surface area contributed by atoms with E-state index in [1.165, 1.54) is 31.4 Å². The standard InChI is InChI=1S/C16H11F3O4/c1-23-15(22)10-4-2-3-9(5-10)11-6-12(14(20)21)8-13(7-11)16(17,18)19/h2-8H,1H3,(H,20,21). The molecule has 0 atom stereocenters. The highest BCUT2D eigenvalue weighted by atomic mass is 19.4. The molecule has 2 aromatic rings. The molecule has 1 N–H and O–H groups in total. The highest BCUT2D eigenvalue weighted by Crippen LogP contribution is 2.33. The number of aromatic carboxylic acids is 1. The van der Waals surface area contributed by atoms with E-state index in [9.17, 15) is 22.8 Å². The zero-order valence-electron chi connectivity index (χ0n) is 11.8. The maximum Gasteiger partial charge on any atom is 0.416 e. The Bertz CT molecular complexity index is 766. The number of carboxylic acid groups (broad SMARTS) is 1. The van der Waals surface area contributed by atoms with Gasteiger partial charge in [0.2, 0.25) is 0 Å². The molecule has 0 fully saturated rings. The molecule has 2 aromatic carbocycles. The molecule has 0 saturated heterocycles. The third-order valence-electron chi connectivity index (χ3n) is 3.12. The van der Waals surface area contributed by atoms with Gasteiger partial charge in [0, 0.05) is 0 Å². The maximum absolute atomic E-state index is 12.9. The van der Waals surface area contributed by atoms with Gasteiger partial charge in [-0.3, -0.25) is 0 Å². The predicted octanol–water partition coefficient (Wildman–Crippen LogP) is 3.86. The van der Waals surface area contributed by atoms with E-state index in [0.717, 1.165) is 12.1 Å². The first kappa shape index (κ1) is 16.5. The van der Waals surface area contributed by atoms with Crippen LogP contribution in [0.25, 0.3) is 11.1 Å². The summed E-state index contributed by atoms with van der Waals surface area (Å²) in [5, 5.41) is 8.99. The SMILES string of the molecule is COC(=O)c1cccc(-c2cc(C(=O)O)cc(C(F)(F)F)c2)c1. The van der Waals surface area contributed by atoms with Gasteiger partial charge in [-0.15, -0.1) is 0 Å². The van der Waals surface area contributed by atoms with Gasteiger partial charge in [-0.1, -0.05) is 12.1 Å². The van der Waals surface area contributed by atoms with Gasteiger partial charge in [0.15, 0.2) is 0 Å². The van der Waals surface area contributed by atoms with Crippen molar-refractivity contribution in [1.29, 1.82) is 0 Å². The number of methoxy groups -OCH3 is 1. The summed E-state index contributed by atoms with van der Waals surface area (Å²) in [5.41, 5.74) is -1.09. The minimum atomic E-state index is -4.68. The molecule has 0 radical (unpaired) electrons. The van der Waals surface area contributed by atoms with Crippen molar-refractivity contribution in [1.82, 2.24) is 0 Å². The van der Waals surface area contributed by atoms with Crippen LogP contribution in [0.2, 0.25) is 0 Å². The van der Waals surface area contributed by atoms with Gasteiger partial charge >= 0.3 is 18.1 Å². The third-order valence-corrected chi connectivity index (χ3v) is 3.12. The number of ether oxygens (including phenoxy) is 1. The van der Waals surface area contributed by atoms with Crippen LogP contribution >= 0.6 is 0 Å². The second kappa shape index (κ2) is 6.12. The number of hydrogen-bond acceptors (Lipinski definition) is 3. The zero-order chi connectivity index (χ0) is 17.2. The topological polar surface area (TPSA) is 63.6 Å². The van der Waals surface area contributed by atoms with E-state index in [4.69, 9.17) is 5.11 Å². The van der Waals surface area contributed by atoms with E-state index in [1.807, 2.05) is 0 Å². The Morgan fingerprint density at radius 1 is 1.00 bits per heavy atom. The molecule has 7 heteroatoms. The summed E-state index contributed by atoms with van der Waals surface area (Å²) in [4.78, 5) is 22.5. The minimum Gasteiger partial charge on any atom is -0.478 e. The van der Waals surface area contributed by atoms with Crippen molar-refractivity contribution in [3.05, 3.63) is 59.2 Å². The first-order valence-corrected chi connectivity index (χ1v) is 6.36. The van der Waals surface area contributed by atoms with Crippen LogP contribution in [0, 0.1) is 0 Å². The molecule has 0 heterocycles. The monoisotopic (exact) mass is 324 g/mol. The lowest BCUT2D eigenvalue weighted by molar-refractivity contribution is -0.137. The molecule has 0 saturated carbocycles. The fraction of sp³-hybridized carbons (Fsp3) is 0.125. The van der Waals surface area contributed by atoms with Crippen LogP contribution in [0.15, 0.2) is 42.5 Å². The summed E-state index contributed by atoms with van der Waals surface area (Å²) < 4.78 is 43.3. The normalized spacial score (nSPS) is 11.1. The molecular weight excluding hydrogens is 313 g/mol. The second-order valence-electron chi connectivity index (χ2n) is 4.67. The highest BCUT2D eigenvalue weighted by molar-refractivity contribution is 5.92. The predicted molar refractivity (Wildman–Crippen MR) is 75.2 cm³/mol. The summed E-state index contributed by atoms with van der Waals surface area (Å²) in [5.74, 6) is -2.11. The maximum atomic E-state index is 12.9. The van der Waals surface area contributed by atoms with Crippen molar-refractivity contribution in [3.8, 4) is 11.1 Å². The molecule has 0 amide bonds. The number of esters is 1. The number of benzene rings is 2. The molecule has 0 aliphatic rings. The zero-order valence-corrected chi connectivity index (χ0v) is 11.8. The van der Waals surface area contributed by atoms with Crippen LogP contribution in [-0.4, -0.2) is 24.2 Å². The quantitative estimate of drug-likeness (QED) is 0.871. The Kier molecular flexibility index (Phi) is 4.40. The van der Waals surface area contributed by atoms with Crippen LogP contribution in [0.5, 0.6) is 0 Å². The van der Waals surface area contributed by atoms with E-state index >= 15 is 0 Å². The van der Waals surface area contributed by atoms with Gasteiger partial charge in [-0.2, -0.15) is 13.2 Å². The molecule has 120 valence electrons. The molecule has 0 spiro atoms. The number of halogens is 3. The fourth-order valence-electron chi connectivity index (χ4n) is 2.02. The smallest absolute Gasteiger partial charge is 0.416 e. The Balaban J connectivity index is 2.61.